The molecule has 0 saturated carbocycles. The van der Waals surface area contributed by atoms with E-state index in [1.165, 1.54) is 5.56 Å². The second-order valence-electron chi connectivity index (χ2n) is 7.15. The van der Waals surface area contributed by atoms with Crippen LogP contribution in [0, 0.1) is 0 Å². The summed E-state index contributed by atoms with van der Waals surface area (Å²) >= 11 is 0. The zero-order chi connectivity index (χ0) is 22.6. The Hall–Kier alpha value is -2.82. The van der Waals surface area contributed by atoms with Crippen molar-refractivity contribution in [3.05, 3.63) is 66.2 Å². The fourth-order valence-corrected chi connectivity index (χ4v) is 3.18. The van der Waals surface area contributed by atoms with Crippen LogP contribution in [0.5, 0.6) is 17.2 Å². The van der Waals surface area contributed by atoms with Gasteiger partial charge >= 0.3 is 0 Å². The third-order valence-electron chi connectivity index (χ3n) is 4.89. The fraction of sp³-hybridized carbons (Fsp3) is 0.375. The minimum Gasteiger partial charge on any atom is -0.497 e. The first-order valence-electron chi connectivity index (χ1n) is 11.0. The zero-order valence-corrected chi connectivity index (χ0v) is 21.8. The van der Waals surface area contributed by atoms with Crippen LogP contribution in [0.2, 0.25) is 0 Å². The molecule has 0 radical (unpaired) electrons. The van der Waals surface area contributed by atoms with Gasteiger partial charge < -0.3 is 24.7 Å². The summed E-state index contributed by atoms with van der Waals surface area (Å²) in [4.78, 5) is 4.69. The summed E-state index contributed by atoms with van der Waals surface area (Å²) in [5.41, 5.74) is 1.21. The smallest absolute Gasteiger partial charge is 0.191 e. The van der Waals surface area contributed by atoms with Gasteiger partial charge in [-0.1, -0.05) is 19.1 Å². The summed E-state index contributed by atoms with van der Waals surface area (Å²) < 4.78 is 13.1. The first-order chi connectivity index (χ1) is 15.7. The van der Waals surface area contributed by atoms with E-state index < -0.39 is 0 Å². The van der Waals surface area contributed by atoms with Crippen molar-refractivity contribution in [2.24, 2.45) is 4.99 Å². The normalized spacial score (nSPS) is 10.9. The molecule has 9 heteroatoms. The molecule has 2 aromatic carbocycles. The molecule has 0 aliphatic heterocycles. The highest BCUT2D eigenvalue weighted by Gasteiger charge is 2.03. The van der Waals surface area contributed by atoms with Gasteiger partial charge in [0, 0.05) is 32.6 Å². The largest absolute Gasteiger partial charge is 0.497 e. The van der Waals surface area contributed by atoms with E-state index >= 15 is 0 Å². The lowest BCUT2D eigenvalue weighted by Crippen LogP contribution is -2.39. The van der Waals surface area contributed by atoms with Crippen molar-refractivity contribution in [3.63, 3.8) is 0 Å². The Morgan fingerprint density at radius 3 is 2.27 bits per heavy atom. The molecule has 0 unspecified atom stereocenters. The van der Waals surface area contributed by atoms with Crippen LogP contribution in [0.15, 0.2) is 59.9 Å². The van der Waals surface area contributed by atoms with Crippen molar-refractivity contribution in [1.82, 2.24) is 25.4 Å². The van der Waals surface area contributed by atoms with Crippen molar-refractivity contribution >= 4 is 29.9 Å². The lowest BCUT2D eigenvalue weighted by atomic mass is 10.1. The first-order valence-corrected chi connectivity index (χ1v) is 11.0. The second-order valence-corrected chi connectivity index (χ2v) is 7.15. The minimum absolute atomic E-state index is 0. The molecule has 3 rings (SSSR count). The predicted octanol–water partition coefficient (Wildman–Crippen LogP) is 4.06. The van der Waals surface area contributed by atoms with Crippen LogP contribution in [0.1, 0.15) is 25.2 Å². The molecule has 178 valence electrons. The molecule has 0 bridgehead atoms. The van der Waals surface area contributed by atoms with Gasteiger partial charge in [-0.05, 0) is 55.3 Å². The van der Waals surface area contributed by atoms with Gasteiger partial charge in [-0.25, -0.2) is 0 Å². The lowest BCUT2D eigenvalue weighted by Gasteiger charge is -2.12. The number of nitrogens with one attached hydrogen (secondary N) is 2. The topological polar surface area (TPSA) is 85.6 Å². The van der Waals surface area contributed by atoms with E-state index in [2.05, 4.69) is 56.4 Å². The highest BCUT2D eigenvalue weighted by molar-refractivity contribution is 14.0. The van der Waals surface area contributed by atoms with E-state index in [1.807, 2.05) is 36.4 Å². The van der Waals surface area contributed by atoms with Gasteiger partial charge in [-0.2, -0.15) is 0 Å². The van der Waals surface area contributed by atoms with Gasteiger partial charge in [0.25, 0.3) is 0 Å². The number of hydrogen-bond donors (Lipinski definition) is 2. The molecule has 0 amide bonds. The number of rotatable bonds is 11. The van der Waals surface area contributed by atoms with Crippen molar-refractivity contribution in [3.8, 4) is 17.2 Å². The molecular weight excluding hydrogens is 531 g/mol. The highest BCUT2D eigenvalue weighted by atomic mass is 127. The summed E-state index contributed by atoms with van der Waals surface area (Å²) in [6, 6.07) is 15.7. The number of methoxy groups -OCH3 is 1. The number of hydrogen-bond acceptors (Lipinski definition) is 5. The summed E-state index contributed by atoms with van der Waals surface area (Å²) in [5.74, 6) is 4.20. The summed E-state index contributed by atoms with van der Waals surface area (Å²) in [5, 5.41) is 14.8. The van der Waals surface area contributed by atoms with E-state index in [-0.39, 0.29) is 24.0 Å². The van der Waals surface area contributed by atoms with E-state index in [4.69, 9.17) is 9.47 Å². The van der Waals surface area contributed by atoms with Gasteiger partial charge in [-0.15, -0.1) is 34.2 Å². The molecule has 0 spiro atoms. The Morgan fingerprint density at radius 2 is 1.64 bits per heavy atom. The van der Waals surface area contributed by atoms with Crippen molar-refractivity contribution in [2.45, 2.75) is 33.2 Å². The number of ether oxygens (including phenoxy) is 2. The monoisotopic (exact) mass is 564 g/mol. The van der Waals surface area contributed by atoms with Gasteiger partial charge in [0.1, 0.15) is 29.4 Å². The van der Waals surface area contributed by atoms with Gasteiger partial charge in [0.2, 0.25) is 0 Å². The highest BCUT2D eigenvalue weighted by Crippen LogP contribution is 2.24. The molecular formula is C24H33IN6O2. The molecule has 33 heavy (non-hydrogen) atoms. The molecule has 2 N–H and O–H groups in total. The van der Waals surface area contributed by atoms with E-state index in [1.54, 1.807) is 13.4 Å². The average Bonchev–Trinajstić information content (AvgIpc) is 3.28. The maximum absolute atomic E-state index is 5.88. The quantitative estimate of drug-likeness (QED) is 0.208. The Kier molecular flexibility index (Phi) is 11.5. The number of guanidine groups is 1. The lowest BCUT2D eigenvalue weighted by molar-refractivity contribution is 0.413. The average molecular weight is 564 g/mol. The molecule has 0 aliphatic carbocycles. The van der Waals surface area contributed by atoms with E-state index in [9.17, 15) is 0 Å². The SMILES string of the molecule is CCNC(=NCCc1ccc(Oc2ccc(OC)cc2)cc1)NCCn1cnnc1CC.I. The molecule has 0 fully saturated rings. The Morgan fingerprint density at radius 1 is 0.970 bits per heavy atom. The van der Waals surface area contributed by atoms with Crippen LogP contribution in [0.4, 0.5) is 0 Å². The maximum Gasteiger partial charge on any atom is 0.191 e. The first kappa shape index (κ1) is 26.4. The predicted molar refractivity (Wildman–Crippen MR) is 142 cm³/mol. The molecule has 0 saturated heterocycles. The summed E-state index contributed by atoms with van der Waals surface area (Å²) in [7, 11) is 1.65. The number of aryl methyl sites for hydroxylation is 1. The van der Waals surface area contributed by atoms with Gasteiger partial charge in [0.05, 0.1) is 7.11 Å². The van der Waals surface area contributed by atoms with Crippen LogP contribution in [-0.2, 0) is 19.4 Å². The van der Waals surface area contributed by atoms with E-state index in [0.29, 0.717) is 6.54 Å². The number of benzene rings is 2. The van der Waals surface area contributed by atoms with Crippen molar-refractivity contribution in [2.75, 3.05) is 26.7 Å². The number of halogens is 1. The van der Waals surface area contributed by atoms with Crippen LogP contribution in [-0.4, -0.2) is 47.5 Å². The zero-order valence-electron chi connectivity index (χ0n) is 19.5. The van der Waals surface area contributed by atoms with Crippen molar-refractivity contribution in [1.29, 1.82) is 0 Å². The number of aromatic nitrogens is 3. The van der Waals surface area contributed by atoms with Crippen LogP contribution >= 0.6 is 24.0 Å². The van der Waals surface area contributed by atoms with Crippen LogP contribution in [0.3, 0.4) is 0 Å². The van der Waals surface area contributed by atoms with Gasteiger partial charge in [0.15, 0.2) is 5.96 Å². The van der Waals surface area contributed by atoms with E-state index in [0.717, 1.165) is 61.5 Å². The van der Waals surface area contributed by atoms with Crippen LogP contribution < -0.4 is 20.1 Å². The summed E-state index contributed by atoms with van der Waals surface area (Å²) in [6.07, 6.45) is 3.50. The summed E-state index contributed by atoms with van der Waals surface area (Å²) in [6.45, 7) is 7.21. The maximum atomic E-state index is 5.88. The Bertz CT molecular complexity index is 973. The molecule has 3 aromatic rings. The van der Waals surface area contributed by atoms with Crippen LogP contribution in [0.25, 0.3) is 0 Å². The third kappa shape index (κ3) is 8.56. The van der Waals surface area contributed by atoms with Gasteiger partial charge in [-0.3, -0.25) is 4.99 Å². The molecule has 1 aromatic heterocycles. The molecule has 8 nitrogen and oxygen atoms in total. The molecule has 0 aliphatic rings. The van der Waals surface area contributed by atoms with Crippen molar-refractivity contribution < 1.29 is 9.47 Å². The molecule has 0 atom stereocenters. The third-order valence-corrected chi connectivity index (χ3v) is 4.89. The standard InChI is InChI=1S/C24H32N6O2.HI/c1-4-23-29-28-18-30(23)17-16-27-24(25-5-2)26-15-14-19-6-8-21(9-7-19)32-22-12-10-20(31-3)11-13-22;/h6-13,18H,4-5,14-17H2,1-3H3,(H2,25,26,27);1H. The Labute approximate surface area is 212 Å². The number of aliphatic imine (C=N–C) groups is 1. The molecule has 1 heterocycles. The number of nitrogens with zero attached hydrogens (tertiary/aromatic N) is 4. The second kappa shape index (κ2) is 14.4. The fourth-order valence-electron chi connectivity index (χ4n) is 3.18. The Balaban J connectivity index is 0.00000385. The minimum atomic E-state index is 0.